The molecule has 82 valence electrons. The van der Waals surface area contributed by atoms with E-state index in [0.717, 1.165) is 16.5 Å². The first-order valence-corrected chi connectivity index (χ1v) is 6.15. The predicted molar refractivity (Wildman–Crippen MR) is 63.1 cm³/mol. The Morgan fingerprint density at radius 1 is 1.47 bits per heavy atom. The Hall–Kier alpha value is -0.410. The molecule has 0 amide bonds. The summed E-state index contributed by atoms with van der Waals surface area (Å²) < 4.78 is 14.0. The van der Waals surface area contributed by atoms with Crippen LogP contribution in [0.3, 0.4) is 0 Å². The van der Waals surface area contributed by atoms with Crippen molar-refractivity contribution in [1.29, 1.82) is 0 Å². The summed E-state index contributed by atoms with van der Waals surface area (Å²) in [5.41, 5.74) is 7.07. The third-order valence-electron chi connectivity index (χ3n) is 3.22. The molecule has 15 heavy (non-hydrogen) atoms. The van der Waals surface area contributed by atoms with Crippen molar-refractivity contribution in [3.8, 4) is 0 Å². The lowest BCUT2D eigenvalue weighted by atomic mass is 9.78. The van der Waals surface area contributed by atoms with Crippen LogP contribution in [-0.4, -0.2) is 6.04 Å². The summed E-state index contributed by atoms with van der Waals surface area (Å²) >= 11 is 3.43. The molecule has 1 nitrogen and oxygen atoms in total. The summed E-state index contributed by atoms with van der Waals surface area (Å²) in [7, 11) is 0. The molecule has 0 aliphatic heterocycles. The van der Waals surface area contributed by atoms with Crippen molar-refractivity contribution in [2.24, 2.45) is 11.7 Å². The van der Waals surface area contributed by atoms with Crippen LogP contribution in [0.2, 0.25) is 0 Å². The van der Waals surface area contributed by atoms with Gasteiger partial charge in [0, 0.05) is 10.5 Å². The first-order chi connectivity index (χ1) is 7.16. The van der Waals surface area contributed by atoms with Crippen LogP contribution in [0.1, 0.15) is 24.8 Å². The van der Waals surface area contributed by atoms with E-state index >= 15 is 0 Å². The molecule has 0 radical (unpaired) electrons. The van der Waals surface area contributed by atoms with Crippen LogP contribution >= 0.6 is 15.9 Å². The minimum Gasteiger partial charge on any atom is -0.327 e. The van der Waals surface area contributed by atoms with Crippen LogP contribution in [-0.2, 0) is 6.42 Å². The van der Waals surface area contributed by atoms with Crippen LogP contribution in [0.5, 0.6) is 0 Å². The average molecular weight is 272 g/mol. The van der Waals surface area contributed by atoms with E-state index in [1.807, 2.05) is 0 Å². The fourth-order valence-electron chi connectivity index (χ4n) is 1.99. The van der Waals surface area contributed by atoms with Crippen molar-refractivity contribution >= 4 is 15.9 Å². The lowest BCUT2D eigenvalue weighted by Gasteiger charge is -2.31. The van der Waals surface area contributed by atoms with Gasteiger partial charge in [0.1, 0.15) is 5.82 Å². The Morgan fingerprint density at radius 3 is 2.80 bits per heavy atom. The van der Waals surface area contributed by atoms with Crippen LogP contribution in [0, 0.1) is 11.7 Å². The second kappa shape index (κ2) is 4.62. The van der Waals surface area contributed by atoms with Gasteiger partial charge in [0.05, 0.1) is 0 Å². The van der Waals surface area contributed by atoms with Crippen LogP contribution in [0.25, 0.3) is 0 Å². The van der Waals surface area contributed by atoms with Gasteiger partial charge in [-0.15, -0.1) is 0 Å². The maximum absolute atomic E-state index is 13.0. The molecule has 0 aromatic heterocycles. The Labute approximate surface area is 98.0 Å². The molecule has 3 heteroatoms. The maximum atomic E-state index is 13.0. The Kier molecular flexibility index (Phi) is 3.42. The van der Waals surface area contributed by atoms with E-state index in [9.17, 15) is 4.39 Å². The zero-order valence-electron chi connectivity index (χ0n) is 8.55. The zero-order chi connectivity index (χ0) is 10.8. The number of rotatable bonds is 3. The molecule has 1 aromatic rings. The van der Waals surface area contributed by atoms with E-state index in [4.69, 9.17) is 5.73 Å². The van der Waals surface area contributed by atoms with Gasteiger partial charge < -0.3 is 5.73 Å². The first-order valence-electron chi connectivity index (χ1n) is 5.36. The quantitative estimate of drug-likeness (QED) is 0.898. The summed E-state index contributed by atoms with van der Waals surface area (Å²) in [4.78, 5) is 0. The molecule has 1 aliphatic carbocycles. The van der Waals surface area contributed by atoms with Crippen LogP contribution in [0.15, 0.2) is 22.7 Å². The fourth-order valence-corrected chi connectivity index (χ4v) is 2.40. The van der Waals surface area contributed by atoms with Gasteiger partial charge >= 0.3 is 0 Å². The van der Waals surface area contributed by atoms with Crippen molar-refractivity contribution in [3.63, 3.8) is 0 Å². The molecule has 0 spiro atoms. The highest BCUT2D eigenvalue weighted by atomic mass is 79.9. The van der Waals surface area contributed by atoms with Crippen molar-refractivity contribution in [1.82, 2.24) is 0 Å². The number of hydrogen-bond donors (Lipinski definition) is 1. The Morgan fingerprint density at radius 2 is 2.20 bits per heavy atom. The van der Waals surface area contributed by atoms with E-state index in [1.165, 1.54) is 25.3 Å². The summed E-state index contributed by atoms with van der Waals surface area (Å²) in [5.74, 6) is 0.453. The molecule has 1 fully saturated rings. The molecule has 1 saturated carbocycles. The van der Waals surface area contributed by atoms with E-state index in [1.54, 1.807) is 12.1 Å². The predicted octanol–water partition coefficient (Wildman–Crippen LogP) is 3.26. The highest BCUT2D eigenvalue weighted by Crippen LogP contribution is 2.31. The van der Waals surface area contributed by atoms with Crippen LogP contribution < -0.4 is 5.73 Å². The third-order valence-corrected chi connectivity index (χ3v) is 3.99. The number of nitrogens with two attached hydrogens (primary N) is 1. The zero-order valence-corrected chi connectivity index (χ0v) is 10.1. The molecule has 1 unspecified atom stereocenters. The summed E-state index contributed by atoms with van der Waals surface area (Å²) in [5, 5.41) is 0. The summed E-state index contributed by atoms with van der Waals surface area (Å²) in [6.45, 7) is 0. The number of benzene rings is 1. The molecular formula is C12H15BrFN. The van der Waals surface area contributed by atoms with Gasteiger partial charge in [-0.3, -0.25) is 0 Å². The van der Waals surface area contributed by atoms with Crippen LogP contribution in [0.4, 0.5) is 4.39 Å². The fraction of sp³-hybridized carbons (Fsp3) is 0.500. The van der Waals surface area contributed by atoms with Crippen molar-refractivity contribution in [2.45, 2.75) is 31.7 Å². The topological polar surface area (TPSA) is 26.0 Å². The molecule has 2 N–H and O–H groups in total. The lowest BCUT2D eigenvalue weighted by molar-refractivity contribution is 0.260. The van der Waals surface area contributed by atoms with Gasteiger partial charge in [0.25, 0.3) is 0 Å². The van der Waals surface area contributed by atoms with Gasteiger partial charge in [0.15, 0.2) is 0 Å². The largest absolute Gasteiger partial charge is 0.327 e. The molecular weight excluding hydrogens is 257 g/mol. The highest BCUT2D eigenvalue weighted by molar-refractivity contribution is 9.10. The second-order valence-electron chi connectivity index (χ2n) is 4.29. The molecule has 1 aliphatic rings. The smallest absolute Gasteiger partial charge is 0.123 e. The first kappa shape index (κ1) is 11.1. The third kappa shape index (κ3) is 2.58. The summed E-state index contributed by atoms with van der Waals surface area (Å²) in [6, 6.07) is 4.96. The van der Waals surface area contributed by atoms with Crippen molar-refractivity contribution < 1.29 is 4.39 Å². The minimum atomic E-state index is -0.186. The van der Waals surface area contributed by atoms with E-state index < -0.39 is 0 Å². The van der Waals surface area contributed by atoms with Gasteiger partial charge in [-0.05, 0) is 48.9 Å². The standard InChI is InChI=1S/C12H15BrFN/c13-11-5-4-10(14)6-9(11)7-12(15)8-2-1-3-8/h4-6,8,12H,1-3,7,15H2. The average Bonchev–Trinajstić information content (AvgIpc) is 2.08. The molecule has 0 heterocycles. The van der Waals surface area contributed by atoms with Crippen molar-refractivity contribution in [2.75, 3.05) is 0 Å². The monoisotopic (exact) mass is 271 g/mol. The van der Waals surface area contributed by atoms with Gasteiger partial charge in [0.2, 0.25) is 0 Å². The SMILES string of the molecule is NC(Cc1cc(F)ccc1Br)C1CCC1. The molecule has 1 atom stereocenters. The Balaban J connectivity index is 2.05. The molecule has 1 aromatic carbocycles. The second-order valence-corrected chi connectivity index (χ2v) is 5.15. The van der Waals surface area contributed by atoms with Gasteiger partial charge in [-0.25, -0.2) is 4.39 Å². The molecule has 2 rings (SSSR count). The number of halogens is 2. The van der Waals surface area contributed by atoms with E-state index in [0.29, 0.717) is 5.92 Å². The molecule has 0 bridgehead atoms. The maximum Gasteiger partial charge on any atom is 0.123 e. The van der Waals surface area contributed by atoms with Crippen molar-refractivity contribution in [3.05, 3.63) is 34.1 Å². The minimum absolute atomic E-state index is 0.178. The number of hydrogen-bond acceptors (Lipinski definition) is 1. The van der Waals surface area contributed by atoms with Gasteiger partial charge in [-0.1, -0.05) is 22.4 Å². The van der Waals surface area contributed by atoms with E-state index in [-0.39, 0.29) is 11.9 Å². The highest BCUT2D eigenvalue weighted by Gasteiger charge is 2.24. The molecule has 0 saturated heterocycles. The Bertz CT molecular complexity index is 349. The lowest BCUT2D eigenvalue weighted by Crippen LogP contribution is -2.36. The van der Waals surface area contributed by atoms with E-state index in [2.05, 4.69) is 15.9 Å². The normalized spacial score (nSPS) is 18.6. The summed E-state index contributed by atoms with van der Waals surface area (Å²) in [6.07, 6.45) is 4.52. The van der Waals surface area contributed by atoms with Gasteiger partial charge in [-0.2, -0.15) is 0 Å².